The van der Waals surface area contributed by atoms with Crippen molar-refractivity contribution in [1.82, 2.24) is 10.3 Å². The molecule has 19 heavy (non-hydrogen) atoms. The third-order valence-corrected chi connectivity index (χ3v) is 2.36. The predicted molar refractivity (Wildman–Crippen MR) is 70.2 cm³/mol. The molecule has 0 aliphatic rings. The average molecular weight is 262 g/mol. The van der Waals surface area contributed by atoms with Crippen LogP contribution in [0.1, 0.15) is 24.5 Å². The summed E-state index contributed by atoms with van der Waals surface area (Å²) in [5.41, 5.74) is 6.09. The van der Waals surface area contributed by atoms with Crippen LogP contribution < -0.4 is 11.1 Å². The lowest BCUT2D eigenvalue weighted by Crippen LogP contribution is -2.20. The summed E-state index contributed by atoms with van der Waals surface area (Å²) in [6.45, 7) is 3.44. The van der Waals surface area contributed by atoms with Gasteiger partial charge >= 0.3 is 5.69 Å². The van der Waals surface area contributed by atoms with Crippen molar-refractivity contribution >= 4 is 17.4 Å². The molecule has 1 heterocycles. The van der Waals surface area contributed by atoms with Crippen molar-refractivity contribution in [1.29, 1.82) is 0 Å². The number of nitrogens with one attached hydrogen (secondary N) is 1. The zero-order chi connectivity index (χ0) is 14.4. The van der Waals surface area contributed by atoms with Crippen LogP contribution >= 0.6 is 0 Å². The van der Waals surface area contributed by atoms with E-state index in [-0.39, 0.29) is 17.4 Å². The molecule has 1 aromatic heterocycles. The van der Waals surface area contributed by atoms with Gasteiger partial charge in [0, 0.05) is 31.6 Å². The highest BCUT2D eigenvalue weighted by molar-refractivity contribution is 5.72. The molecule has 7 nitrogen and oxygen atoms in total. The second-order valence-corrected chi connectivity index (χ2v) is 3.82. The smallest absolute Gasteiger partial charge is 0.315 e. The third-order valence-electron chi connectivity index (χ3n) is 2.36. The number of nitro groups is 1. The average Bonchev–Trinajstić information content (AvgIpc) is 2.30. The van der Waals surface area contributed by atoms with Gasteiger partial charge in [0.15, 0.2) is 0 Å². The van der Waals surface area contributed by atoms with Crippen LogP contribution in [0.15, 0.2) is 6.20 Å². The van der Waals surface area contributed by atoms with Crippen LogP contribution in [-0.2, 0) is 4.79 Å². The number of hydrogen-bond donors (Lipinski definition) is 2. The van der Waals surface area contributed by atoms with Crippen molar-refractivity contribution in [2.24, 2.45) is 0 Å². The van der Waals surface area contributed by atoms with Gasteiger partial charge in [0.25, 0.3) is 0 Å². The number of carbonyl (C=O) groups excluding carboxylic acids is 1. The highest BCUT2D eigenvalue weighted by atomic mass is 16.6. The molecule has 0 aromatic carbocycles. The third kappa shape index (κ3) is 3.96. The Hall–Kier alpha value is -2.62. The van der Waals surface area contributed by atoms with E-state index < -0.39 is 4.92 Å². The molecule has 0 aliphatic heterocycles. The lowest BCUT2D eigenvalue weighted by atomic mass is 10.1. The summed E-state index contributed by atoms with van der Waals surface area (Å²) < 4.78 is 0. The Morgan fingerprint density at radius 1 is 1.63 bits per heavy atom. The van der Waals surface area contributed by atoms with Crippen molar-refractivity contribution in [3.05, 3.63) is 27.4 Å². The standard InChI is InChI=1S/C12H14N4O3/c1-8-10(5-3-4-6-14-9(2)17)7-15-12(13)11(8)16(18)19/h7H,4,6H2,1-2H3,(H2,13,15)(H,14,17). The Labute approximate surface area is 110 Å². The first-order valence-corrected chi connectivity index (χ1v) is 5.56. The number of nitrogens with two attached hydrogens (primary N) is 1. The number of amides is 1. The fraction of sp³-hybridized carbons (Fsp3) is 0.333. The highest BCUT2D eigenvalue weighted by Gasteiger charge is 2.18. The van der Waals surface area contributed by atoms with E-state index in [1.54, 1.807) is 6.92 Å². The summed E-state index contributed by atoms with van der Waals surface area (Å²) >= 11 is 0. The lowest BCUT2D eigenvalue weighted by molar-refractivity contribution is -0.384. The van der Waals surface area contributed by atoms with Crippen LogP contribution in [-0.4, -0.2) is 22.4 Å². The maximum atomic E-state index is 10.8. The molecule has 0 atom stereocenters. The number of nitrogen functional groups attached to an aromatic ring is 1. The molecule has 0 fully saturated rings. The topological polar surface area (TPSA) is 111 Å². The Bertz CT molecular complexity index is 572. The first-order chi connectivity index (χ1) is 8.93. The summed E-state index contributed by atoms with van der Waals surface area (Å²) in [6.07, 6.45) is 1.86. The minimum absolute atomic E-state index is 0.119. The van der Waals surface area contributed by atoms with Crippen molar-refractivity contribution in [2.45, 2.75) is 20.3 Å². The van der Waals surface area contributed by atoms with Gasteiger partial charge in [-0.05, 0) is 6.92 Å². The van der Waals surface area contributed by atoms with Gasteiger partial charge in [-0.2, -0.15) is 0 Å². The summed E-state index contributed by atoms with van der Waals surface area (Å²) in [5.74, 6) is 5.36. The number of carbonyl (C=O) groups is 1. The van der Waals surface area contributed by atoms with Gasteiger partial charge in [-0.15, -0.1) is 0 Å². The Balaban J connectivity index is 2.86. The minimum atomic E-state index is -0.569. The fourth-order valence-electron chi connectivity index (χ4n) is 1.43. The van der Waals surface area contributed by atoms with Crippen LogP contribution in [0.3, 0.4) is 0 Å². The Kier molecular flexibility index (Phi) is 4.83. The number of nitrogens with zero attached hydrogens (tertiary/aromatic N) is 2. The van der Waals surface area contributed by atoms with Gasteiger partial charge in [0.2, 0.25) is 11.7 Å². The zero-order valence-corrected chi connectivity index (χ0v) is 10.7. The number of pyridine rings is 1. The van der Waals surface area contributed by atoms with Crippen molar-refractivity contribution in [3.8, 4) is 11.8 Å². The first-order valence-electron chi connectivity index (χ1n) is 5.56. The maximum Gasteiger partial charge on any atom is 0.315 e. The molecule has 1 aromatic rings. The molecule has 1 amide bonds. The number of anilines is 1. The van der Waals surface area contributed by atoms with Crippen molar-refractivity contribution < 1.29 is 9.72 Å². The molecule has 0 unspecified atom stereocenters. The Morgan fingerprint density at radius 2 is 2.32 bits per heavy atom. The van der Waals surface area contributed by atoms with Crippen molar-refractivity contribution in [3.63, 3.8) is 0 Å². The molecule has 0 spiro atoms. The molecule has 0 saturated carbocycles. The fourth-order valence-corrected chi connectivity index (χ4v) is 1.43. The number of rotatable bonds is 3. The molecule has 100 valence electrons. The van der Waals surface area contributed by atoms with Crippen LogP contribution in [0.25, 0.3) is 0 Å². The SMILES string of the molecule is CC(=O)NCCC#Cc1cnc(N)c([N+](=O)[O-])c1C. The number of hydrogen-bond acceptors (Lipinski definition) is 5. The maximum absolute atomic E-state index is 10.8. The predicted octanol–water partition coefficient (Wildman–Crippen LogP) is 0.758. The molecule has 0 saturated heterocycles. The molecule has 0 radical (unpaired) electrons. The molecule has 3 N–H and O–H groups in total. The van der Waals surface area contributed by atoms with E-state index in [4.69, 9.17) is 5.73 Å². The second kappa shape index (κ2) is 6.35. The van der Waals surface area contributed by atoms with Crippen LogP contribution in [0, 0.1) is 28.9 Å². The van der Waals surface area contributed by atoms with E-state index in [2.05, 4.69) is 22.1 Å². The second-order valence-electron chi connectivity index (χ2n) is 3.82. The highest BCUT2D eigenvalue weighted by Crippen LogP contribution is 2.25. The quantitative estimate of drug-likeness (QED) is 0.361. The molecular formula is C12H14N4O3. The first kappa shape index (κ1) is 14.4. The summed E-state index contributed by atoms with van der Waals surface area (Å²) in [5, 5.41) is 13.4. The molecule has 7 heteroatoms. The molecule has 1 rings (SSSR count). The minimum Gasteiger partial charge on any atom is -0.378 e. The van der Waals surface area contributed by atoms with Gasteiger partial charge in [-0.3, -0.25) is 14.9 Å². The molecular weight excluding hydrogens is 248 g/mol. The van der Waals surface area contributed by atoms with Crippen LogP contribution in [0.5, 0.6) is 0 Å². The normalized spacial score (nSPS) is 9.37. The summed E-state index contributed by atoms with van der Waals surface area (Å²) in [4.78, 5) is 24.6. The Morgan fingerprint density at radius 3 is 2.89 bits per heavy atom. The van der Waals surface area contributed by atoms with Crippen LogP contribution in [0.2, 0.25) is 0 Å². The largest absolute Gasteiger partial charge is 0.378 e. The summed E-state index contributed by atoms with van der Waals surface area (Å²) in [6, 6.07) is 0. The van der Waals surface area contributed by atoms with Crippen LogP contribution in [0.4, 0.5) is 11.5 Å². The van der Waals surface area contributed by atoms with Gasteiger partial charge in [-0.25, -0.2) is 4.98 Å². The van der Waals surface area contributed by atoms with E-state index in [1.807, 2.05) is 0 Å². The summed E-state index contributed by atoms with van der Waals surface area (Å²) in [7, 11) is 0. The van der Waals surface area contributed by atoms with E-state index in [0.717, 1.165) is 0 Å². The van der Waals surface area contributed by atoms with Gasteiger partial charge in [-0.1, -0.05) is 11.8 Å². The van der Waals surface area contributed by atoms with Gasteiger partial charge in [0.1, 0.15) is 0 Å². The number of aromatic nitrogens is 1. The van der Waals surface area contributed by atoms with Gasteiger partial charge < -0.3 is 11.1 Å². The van der Waals surface area contributed by atoms with E-state index >= 15 is 0 Å². The van der Waals surface area contributed by atoms with E-state index in [1.165, 1.54) is 13.1 Å². The monoisotopic (exact) mass is 262 g/mol. The van der Waals surface area contributed by atoms with E-state index in [0.29, 0.717) is 24.1 Å². The molecule has 0 aliphatic carbocycles. The van der Waals surface area contributed by atoms with Gasteiger partial charge in [0.05, 0.1) is 10.5 Å². The zero-order valence-electron chi connectivity index (χ0n) is 10.7. The van der Waals surface area contributed by atoms with E-state index in [9.17, 15) is 14.9 Å². The lowest BCUT2D eigenvalue weighted by Gasteiger charge is -2.02. The van der Waals surface area contributed by atoms with Crippen molar-refractivity contribution in [2.75, 3.05) is 12.3 Å². The molecule has 0 bridgehead atoms.